The van der Waals surface area contributed by atoms with Gasteiger partial charge in [-0.3, -0.25) is 4.90 Å². The summed E-state index contributed by atoms with van der Waals surface area (Å²) in [4.78, 5) is 13.2. The zero-order chi connectivity index (χ0) is 12.1. The molecule has 0 aromatic carbocycles. The quantitative estimate of drug-likeness (QED) is 0.687. The van der Waals surface area contributed by atoms with E-state index in [0.717, 1.165) is 12.5 Å². The van der Waals surface area contributed by atoms with Crippen molar-refractivity contribution in [2.75, 3.05) is 19.7 Å². The summed E-state index contributed by atoms with van der Waals surface area (Å²) >= 11 is 0. The molecular weight excluding hydrogens is 206 g/mol. The minimum absolute atomic E-state index is 0.378. The summed E-state index contributed by atoms with van der Waals surface area (Å²) in [5.41, 5.74) is 0. The van der Waals surface area contributed by atoms with E-state index in [0.29, 0.717) is 19.2 Å². The Morgan fingerprint density at radius 1 is 1.50 bits per heavy atom. The average Bonchev–Trinajstić information content (AvgIpc) is 2.99. The van der Waals surface area contributed by atoms with E-state index in [2.05, 4.69) is 18.7 Å². The Labute approximate surface area is 97.6 Å². The lowest BCUT2D eigenvalue weighted by atomic mass is 10.2. The third-order valence-electron chi connectivity index (χ3n) is 2.96. The number of aliphatic carboxylic acids is 1. The molecule has 0 radical (unpaired) electrons. The van der Waals surface area contributed by atoms with Crippen molar-refractivity contribution >= 4 is 5.97 Å². The van der Waals surface area contributed by atoms with Crippen molar-refractivity contribution in [3.05, 3.63) is 0 Å². The van der Waals surface area contributed by atoms with E-state index in [1.807, 2.05) is 6.92 Å². The standard InChI is InChI=1S/C12H23NO3/c1-4-16-11(12(14)15)8-13(9(2)3)7-10-5-6-10/h9-11H,4-8H2,1-3H3,(H,14,15). The molecule has 94 valence electrons. The molecule has 0 aromatic heterocycles. The molecule has 4 heteroatoms. The third kappa shape index (κ3) is 4.49. The molecule has 1 atom stereocenters. The van der Waals surface area contributed by atoms with Gasteiger partial charge in [-0.1, -0.05) is 0 Å². The molecule has 0 heterocycles. The highest BCUT2D eigenvalue weighted by Gasteiger charge is 2.28. The first-order valence-electron chi connectivity index (χ1n) is 6.13. The van der Waals surface area contributed by atoms with Crippen LogP contribution >= 0.6 is 0 Å². The number of ether oxygens (including phenoxy) is 1. The maximum Gasteiger partial charge on any atom is 0.334 e. The van der Waals surface area contributed by atoms with Gasteiger partial charge in [-0.15, -0.1) is 0 Å². The lowest BCUT2D eigenvalue weighted by Gasteiger charge is -2.29. The summed E-state index contributed by atoms with van der Waals surface area (Å²) in [6.07, 6.45) is 1.89. The zero-order valence-electron chi connectivity index (χ0n) is 10.5. The lowest BCUT2D eigenvalue weighted by molar-refractivity contribution is -0.151. The molecule has 0 saturated heterocycles. The molecule has 1 saturated carbocycles. The number of hydrogen-bond acceptors (Lipinski definition) is 3. The molecule has 0 aromatic rings. The second-order valence-electron chi connectivity index (χ2n) is 4.77. The predicted molar refractivity (Wildman–Crippen MR) is 62.5 cm³/mol. The van der Waals surface area contributed by atoms with Crippen molar-refractivity contribution in [2.24, 2.45) is 5.92 Å². The van der Waals surface area contributed by atoms with Crippen molar-refractivity contribution in [1.82, 2.24) is 4.90 Å². The van der Waals surface area contributed by atoms with Crippen molar-refractivity contribution in [1.29, 1.82) is 0 Å². The lowest BCUT2D eigenvalue weighted by Crippen LogP contribution is -2.43. The highest BCUT2D eigenvalue weighted by molar-refractivity contribution is 5.72. The molecule has 1 aliphatic carbocycles. The van der Waals surface area contributed by atoms with Gasteiger partial charge in [0.2, 0.25) is 0 Å². The van der Waals surface area contributed by atoms with Crippen LogP contribution in [0.15, 0.2) is 0 Å². The monoisotopic (exact) mass is 229 g/mol. The normalized spacial score (nSPS) is 18.1. The van der Waals surface area contributed by atoms with Crippen LogP contribution in [-0.4, -0.2) is 47.8 Å². The van der Waals surface area contributed by atoms with E-state index in [4.69, 9.17) is 9.84 Å². The van der Waals surface area contributed by atoms with Gasteiger partial charge in [-0.25, -0.2) is 4.79 Å². The van der Waals surface area contributed by atoms with Gasteiger partial charge in [0, 0.05) is 25.7 Å². The van der Waals surface area contributed by atoms with Crippen LogP contribution in [0.4, 0.5) is 0 Å². The maximum absolute atomic E-state index is 11.0. The molecule has 0 amide bonds. The Bertz CT molecular complexity index is 226. The van der Waals surface area contributed by atoms with Gasteiger partial charge in [-0.2, -0.15) is 0 Å². The first-order valence-corrected chi connectivity index (χ1v) is 6.13. The number of carbonyl (C=O) groups is 1. The molecule has 16 heavy (non-hydrogen) atoms. The van der Waals surface area contributed by atoms with Gasteiger partial charge < -0.3 is 9.84 Å². The second-order valence-corrected chi connectivity index (χ2v) is 4.77. The van der Waals surface area contributed by atoms with E-state index >= 15 is 0 Å². The van der Waals surface area contributed by atoms with Crippen LogP contribution in [0.1, 0.15) is 33.6 Å². The van der Waals surface area contributed by atoms with Crippen molar-refractivity contribution < 1.29 is 14.6 Å². The summed E-state index contributed by atoms with van der Waals surface area (Å²) in [6.45, 7) is 8.00. The second kappa shape index (κ2) is 6.21. The summed E-state index contributed by atoms with van der Waals surface area (Å²) in [5, 5.41) is 9.03. The van der Waals surface area contributed by atoms with E-state index in [1.54, 1.807) is 0 Å². The summed E-state index contributed by atoms with van der Waals surface area (Å²) in [6, 6.07) is 0.378. The Balaban J connectivity index is 2.45. The molecule has 1 aliphatic rings. The molecule has 0 spiro atoms. The predicted octanol–water partition coefficient (Wildman–Crippen LogP) is 1.60. The Morgan fingerprint density at radius 2 is 2.12 bits per heavy atom. The summed E-state index contributed by atoms with van der Waals surface area (Å²) in [5.74, 6) is -0.0817. The molecule has 1 unspecified atom stereocenters. The zero-order valence-corrected chi connectivity index (χ0v) is 10.5. The van der Waals surface area contributed by atoms with E-state index in [9.17, 15) is 4.79 Å². The number of carboxylic acids is 1. The maximum atomic E-state index is 11.0. The Kier molecular flexibility index (Phi) is 5.22. The SMILES string of the molecule is CCOC(CN(CC1CC1)C(C)C)C(=O)O. The molecule has 1 fully saturated rings. The minimum Gasteiger partial charge on any atom is -0.479 e. The van der Waals surface area contributed by atoms with Crippen molar-refractivity contribution in [3.63, 3.8) is 0 Å². The van der Waals surface area contributed by atoms with Gasteiger partial charge in [-0.05, 0) is 39.5 Å². The fourth-order valence-electron chi connectivity index (χ4n) is 1.74. The van der Waals surface area contributed by atoms with Crippen LogP contribution in [0, 0.1) is 5.92 Å². The fraction of sp³-hybridized carbons (Fsp3) is 0.917. The number of rotatable bonds is 8. The largest absolute Gasteiger partial charge is 0.479 e. The Hall–Kier alpha value is -0.610. The highest BCUT2D eigenvalue weighted by Crippen LogP contribution is 2.30. The average molecular weight is 229 g/mol. The number of nitrogens with zero attached hydrogens (tertiary/aromatic N) is 1. The number of carboxylic acid groups (broad SMARTS) is 1. The minimum atomic E-state index is -0.858. The van der Waals surface area contributed by atoms with Crippen molar-refractivity contribution in [3.8, 4) is 0 Å². The van der Waals surface area contributed by atoms with Gasteiger partial charge in [0.1, 0.15) is 0 Å². The summed E-state index contributed by atoms with van der Waals surface area (Å²) < 4.78 is 5.24. The highest BCUT2D eigenvalue weighted by atomic mass is 16.5. The molecular formula is C12H23NO3. The first kappa shape index (κ1) is 13.5. The van der Waals surface area contributed by atoms with E-state index in [-0.39, 0.29) is 0 Å². The van der Waals surface area contributed by atoms with Crippen LogP contribution in [0.3, 0.4) is 0 Å². The third-order valence-corrected chi connectivity index (χ3v) is 2.96. The van der Waals surface area contributed by atoms with Crippen LogP contribution in [0.5, 0.6) is 0 Å². The molecule has 1 N–H and O–H groups in total. The van der Waals surface area contributed by atoms with Gasteiger partial charge in [0.25, 0.3) is 0 Å². The molecule has 0 aliphatic heterocycles. The van der Waals surface area contributed by atoms with Crippen molar-refractivity contribution in [2.45, 2.75) is 45.8 Å². The summed E-state index contributed by atoms with van der Waals surface area (Å²) in [7, 11) is 0. The van der Waals surface area contributed by atoms with Gasteiger partial charge in [0.05, 0.1) is 0 Å². The topological polar surface area (TPSA) is 49.8 Å². The molecule has 4 nitrogen and oxygen atoms in total. The fourth-order valence-corrected chi connectivity index (χ4v) is 1.74. The van der Waals surface area contributed by atoms with Gasteiger partial charge >= 0.3 is 5.97 Å². The van der Waals surface area contributed by atoms with Crippen LogP contribution in [-0.2, 0) is 9.53 Å². The number of hydrogen-bond donors (Lipinski definition) is 1. The first-order chi connectivity index (χ1) is 7.54. The van der Waals surface area contributed by atoms with E-state index in [1.165, 1.54) is 12.8 Å². The molecule has 0 bridgehead atoms. The van der Waals surface area contributed by atoms with Crippen LogP contribution < -0.4 is 0 Å². The smallest absolute Gasteiger partial charge is 0.334 e. The van der Waals surface area contributed by atoms with Crippen LogP contribution in [0.25, 0.3) is 0 Å². The van der Waals surface area contributed by atoms with Gasteiger partial charge in [0.15, 0.2) is 6.10 Å². The molecule has 1 rings (SSSR count). The van der Waals surface area contributed by atoms with E-state index < -0.39 is 12.1 Å². The van der Waals surface area contributed by atoms with Crippen LogP contribution in [0.2, 0.25) is 0 Å². The Morgan fingerprint density at radius 3 is 2.50 bits per heavy atom.